The third-order valence-electron chi connectivity index (χ3n) is 5.81. The number of aliphatic imine (C=N–C) groups is 1. The number of rotatable bonds is 6. The highest BCUT2D eigenvalue weighted by Gasteiger charge is 2.58. The van der Waals surface area contributed by atoms with Crippen molar-refractivity contribution in [3.8, 4) is 5.75 Å². The van der Waals surface area contributed by atoms with E-state index in [0.29, 0.717) is 36.0 Å². The second-order valence-electron chi connectivity index (χ2n) is 7.42. The number of benzene rings is 1. The van der Waals surface area contributed by atoms with Crippen molar-refractivity contribution < 1.29 is 14.3 Å². The summed E-state index contributed by atoms with van der Waals surface area (Å²) in [6.07, 6.45) is 5.72. The van der Waals surface area contributed by atoms with Gasteiger partial charge in [-0.15, -0.1) is 24.0 Å². The highest BCUT2D eigenvalue weighted by atomic mass is 127. The van der Waals surface area contributed by atoms with E-state index in [-0.39, 0.29) is 65.4 Å². The van der Waals surface area contributed by atoms with Gasteiger partial charge in [0.1, 0.15) is 5.75 Å². The maximum absolute atomic E-state index is 12.6. The minimum absolute atomic E-state index is 0. The number of guanidine groups is 1. The van der Waals surface area contributed by atoms with Crippen molar-refractivity contribution in [3.05, 3.63) is 35.4 Å². The lowest BCUT2D eigenvalue weighted by Gasteiger charge is -2.16. The Morgan fingerprint density at radius 1 is 1.28 bits per heavy atom. The van der Waals surface area contributed by atoms with E-state index in [2.05, 4.69) is 22.5 Å². The molecule has 2 aliphatic carbocycles. The third kappa shape index (κ3) is 4.09. The number of ether oxygens (including phenoxy) is 1. The number of nitrogens with one attached hydrogen (secondary N) is 1. The van der Waals surface area contributed by atoms with Gasteiger partial charge in [-0.1, -0.05) is 23.8 Å². The maximum Gasteiger partial charge on any atom is 0.233 e. The first kappa shape index (κ1) is 21.9. The van der Waals surface area contributed by atoms with Gasteiger partial charge in [0.2, 0.25) is 11.8 Å². The molecule has 1 aromatic carbocycles. The first-order valence-corrected chi connectivity index (χ1v) is 9.81. The Kier molecular flexibility index (Phi) is 6.72. The summed E-state index contributed by atoms with van der Waals surface area (Å²) in [6.45, 7) is 0.801. The minimum Gasteiger partial charge on any atom is -0.495 e. The maximum atomic E-state index is 12.6. The van der Waals surface area contributed by atoms with Crippen LogP contribution in [0.1, 0.15) is 12.8 Å². The summed E-state index contributed by atoms with van der Waals surface area (Å²) in [5, 5.41) is 3.44. The molecule has 4 rings (SSSR count). The van der Waals surface area contributed by atoms with Crippen LogP contribution in [0.5, 0.6) is 5.75 Å². The number of fused-ring (bicyclic) bond motifs is 5. The second kappa shape index (κ2) is 8.91. The Morgan fingerprint density at radius 3 is 2.52 bits per heavy atom. The number of allylic oxidation sites excluding steroid dienone is 2. The molecule has 9 heteroatoms. The zero-order valence-corrected chi connectivity index (χ0v) is 19.1. The lowest BCUT2D eigenvalue weighted by molar-refractivity contribution is -0.140. The molecule has 156 valence electrons. The van der Waals surface area contributed by atoms with Crippen LogP contribution in [0.2, 0.25) is 5.02 Å². The van der Waals surface area contributed by atoms with Gasteiger partial charge in [-0.25, -0.2) is 0 Å². The number of likely N-dealkylation sites (tertiary alicyclic amines) is 1. The molecule has 3 N–H and O–H groups in total. The van der Waals surface area contributed by atoms with Crippen molar-refractivity contribution in [1.29, 1.82) is 0 Å². The van der Waals surface area contributed by atoms with Crippen LogP contribution in [-0.4, -0.2) is 42.9 Å². The number of carbonyl (C=O) groups excluding carboxylic acids is 2. The number of halogens is 2. The molecule has 0 radical (unpaired) electrons. The third-order valence-corrected chi connectivity index (χ3v) is 6.10. The van der Waals surface area contributed by atoms with Crippen LogP contribution in [0.3, 0.4) is 0 Å². The predicted octanol–water partition coefficient (Wildman–Crippen LogP) is 2.89. The van der Waals surface area contributed by atoms with Crippen molar-refractivity contribution in [1.82, 2.24) is 4.90 Å². The van der Waals surface area contributed by atoms with Gasteiger partial charge in [0.05, 0.1) is 24.0 Å². The molecule has 1 heterocycles. The molecule has 3 aliphatic rings. The summed E-state index contributed by atoms with van der Waals surface area (Å²) in [5.74, 6) is 0.992. The zero-order chi connectivity index (χ0) is 19.8. The first-order valence-electron chi connectivity index (χ1n) is 9.43. The highest BCUT2D eigenvalue weighted by molar-refractivity contribution is 14.0. The van der Waals surface area contributed by atoms with Crippen LogP contribution < -0.4 is 15.8 Å². The Hall–Kier alpha value is -1.81. The van der Waals surface area contributed by atoms with Crippen LogP contribution in [0.15, 0.2) is 35.3 Å². The number of imide groups is 1. The Morgan fingerprint density at radius 2 is 1.93 bits per heavy atom. The smallest absolute Gasteiger partial charge is 0.233 e. The van der Waals surface area contributed by atoms with Gasteiger partial charge in [-0.05, 0) is 42.9 Å². The van der Waals surface area contributed by atoms with Crippen molar-refractivity contribution >= 4 is 59.0 Å². The predicted molar refractivity (Wildman–Crippen MR) is 123 cm³/mol. The SMILES string of the molecule is COc1ccc(NC(N)=NCCCN2C(=O)C3C4C=CC(C4)C3C2=O)cc1Cl.I. The van der Waals surface area contributed by atoms with E-state index >= 15 is 0 Å². The summed E-state index contributed by atoms with van der Waals surface area (Å²) in [6, 6.07) is 5.22. The quantitative estimate of drug-likeness (QED) is 0.147. The molecule has 2 bridgehead atoms. The molecule has 4 unspecified atom stereocenters. The van der Waals surface area contributed by atoms with E-state index < -0.39 is 0 Å². The number of methoxy groups -OCH3 is 1. The lowest BCUT2D eigenvalue weighted by atomic mass is 9.85. The molecular formula is C20H24ClIN4O3. The van der Waals surface area contributed by atoms with Gasteiger partial charge in [0, 0.05) is 18.8 Å². The Balaban J connectivity index is 0.00000240. The summed E-state index contributed by atoms with van der Waals surface area (Å²) in [7, 11) is 1.55. The molecule has 1 aromatic rings. The summed E-state index contributed by atoms with van der Waals surface area (Å²) in [5.41, 5.74) is 6.61. The number of nitrogens with two attached hydrogens (primary N) is 1. The molecular weight excluding hydrogens is 507 g/mol. The average molecular weight is 531 g/mol. The van der Waals surface area contributed by atoms with Gasteiger partial charge in [-0.2, -0.15) is 0 Å². The number of amides is 2. The first-order chi connectivity index (χ1) is 13.5. The van der Waals surface area contributed by atoms with Crippen LogP contribution >= 0.6 is 35.6 Å². The fourth-order valence-electron chi connectivity index (χ4n) is 4.54. The van der Waals surface area contributed by atoms with Crippen molar-refractivity contribution in [2.75, 3.05) is 25.5 Å². The van der Waals surface area contributed by atoms with Crippen LogP contribution in [-0.2, 0) is 9.59 Å². The van der Waals surface area contributed by atoms with E-state index in [9.17, 15) is 9.59 Å². The van der Waals surface area contributed by atoms with Gasteiger partial charge in [-0.3, -0.25) is 19.5 Å². The van der Waals surface area contributed by atoms with Crippen LogP contribution in [0.4, 0.5) is 5.69 Å². The average Bonchev–Trinajstić information content (AvgIpc) is 3.34. The topological polar surface area (TPSA) is 97.0 Å². The van der Waals surface area contributed by atoms with E-state index in [1.807, 2.05) is 0 Å². The highest BCUT2D eigenvalue weighted by Crippen LogP contribution is 2.52. The summed E-state index contributed by atoms with van der Waals surface area (Å²) >= 11 is 6.09. The van der Waals surface area contributed by atoms with Crippen molar-refractivity contribution in [3.63, 3.8) is 0 Å². The Bertz CT molecular complexity index is 845. The minimum atomic E-state index is -0.141. The molecule has 0 spiro atoms. The van der Waals surface area contributed by atoms with Crippen LogP contribution in [0.25, 0.3) is 0 Å². The molecule has 2 amide bonds. The lowest BCUT2D eigenvalue weighted by Crippen LogP contribution is -2.34. The summed E-state index contributed by atoms with van der Waals surface area (Å²) in [4.78, 5) is 30.9. The number of carbonyl (C=O) groups is 2. The van der Waals surface area contributed by atoms with E-state index in [1.165, 1.54) is 4.90 Å². The van der Waals surface area contributed by atoms with Gasteiger partial charge < -0.3 is 15.8 Å². The molecule has 1 aliphatic heterocycles. The van der Waals surface area contributed by atoms with Crippen molar-refractivity contribution in [2.24, 2.45) is 34.4 Å². The molecule has 0 aromatic heterocycles. The Labute approximate surface area is 191 Å². The van der Waals surface area contributed by atoms with Crippen molar-refractivity contribution in [2.45, 2.75) is 12.8 Å². The summed E-state index contributed by atoms with van der Waals surface area (Å²) < 4.78 is 5.11. The second-order valence-corrected chi connectivity index (χ2v) is 7.83. The number of anilines is 1. The van der Waals surface area contributed by atoms with E-state index in [4.69, 9.17) is 22.1 Å². The molecule has 1 saturated heterocycles. The normalized spacial score (nSPS) is 27.2. The van der Waals surface area contributed by atoms with Gasteiger partial charge in [0.15, 0.2) is 5.96 Å². The molecule has 2 fully saturated rings. The fraction of sp³-hybridized carbons (Fsp3) is 0.450. The monoisotopic (exact) mass is 530 g/mol. The standard InChI is InChI=1S/C20H23ClN4O3.HI/c1-28-15-6-5-13(10-14(15)21)24-20(22)23-7-2-8-25-18(26)16-11-3-4-12(9-11)17(16)19(25)27;/h3-6,10-12,16-17H,2,7-9H2,1H3,(H3,22,23,24);1H. The van der Waals surface area contributed by atoms with Gasteiger partial charge in [0.25, 0.3) is 0 Å². The number of nitrogens with zero attached hydrogens (tertiary/aromatic N) is 2. The van der Waals surface area contributed by atoms with Gasteiger partial charge >= 0.3 is 0 Å². The number of hydrogen-bond donors (Lipinski definition) is 2. The number of hydrogen-bond acceptors (Lipinski definition) is 4. The zero-order valence-electron chi connectivity index (χ0n) is 16.0. The molecule has 7 nitrogen and oxygen atoms in total. The van der Waals surface area contributed by atoms with E-state index in [0.717, 1.165) is 6.42 Å². The fourth-order valence-corrected chi connectivity index (χ4v) is 4.80. The molecule has 4 atom stereocenters. The molecule has 1 saturated carbocycles. The largest absolute Gasteiger partial charge is 0.495 e. The van der Waals surface area contributed by atoms with Crippen LogP contribution in [0, 0.1) is 23.7 Å². The molecule has 29 heavy (non-hydrogen) atoms. The van der Waals surface area contributed by atoms with E-state index in [1.54, 1.807) is 25.3 Å².